The quantitative estimate of drug-likeness (QED) is 0.897. The second-order valence-corrected chi connectivity index (χ2v) is 5.63. The lowest BCUT2D eigenvalue weighted by Crippen LogP contribution is -2.04. The Balaban J connectivity index is 2.24. The molecule has 2 rings (SSSR count). The molecular weight excluding hydrogens is 238 g/mol. The van der Waals surface area contributed by atoms with Crippen LogP contribution in [0.1, 0.15) is 11.5 Å². The molecule has 4 nitrogen and oxygen atoms in total. The largest absolute Gasteiger partial charge is 0.464 e. The van der Waals surface area contributed by atoms with Gasteiger partial charge in [-0.1, -0.05) is 18.2 Å². The molecule has 1 aromatic heterocycles. The van der Waals surface area contributed by atoms with Crippen molar-refractivity contribution in [3.05, 3.63) is 54.0 Å². The molecule has 1 heterocycles. The van der Waals surface area contributed by atoms with Crippen LogP contribution in [0.15, 0.2) is 51.8 Å². The van der Waals surface area contributed by atoms with Gasteiger partial charge in [-0.15, -0.1) is 0 Å². The van der Waals surface area contributed by atoms with E-state index in [0.717, 1.165) is 0 Å². The van der Waals surface area contributed by atoms with Crippen LogP contribution >= 0.6 is 0 Å². The fraction of sp³-hybridized carbons (Fsp3) is 0.167. The van der Waals surface area contributed by atoms with Crippen LogP contribution in [-0.4, -0.2) is 8.42 Å². The highest BCUT2D eigenvalue weighted by atomic mass is 32.2. The summed E-state index contributed by atoms with van der Waals surface area (Å²) in [7, 11) is -3.34. The molecule has 0 amide bonds. The monoisotopic (exact) mass is 251 g/mol. The summed E-state index contributed by atoms with van der Waals surface area (Å²) in [5, 5.41) is 0. The predicted molar refractivity (Wildman–Crippen MR) is 63.9 cm³/mol. The summed E-state index contributed by atoms with van der Waals surface area (Å²) in [6, 6.07) is 11.6. The van der Waals surface area contributed by atoms with Gasteiger partial charge in [-0.3, -0.25) is 0 Å². The molecule has 1 aromatic carbocycles. The molecule has 90 valence electrons. The molecule has 0 unspecified atom stereocenters. The van der Waals surface area contributed by atoms with Crippen LogP contribution in [0, 0.1) is 0 Å². The zero-order valence-electron chi connectivity index (χ0n) is 9.17. The molecule has 0 aliphatic heterocycles. The van der Waals surface area contributed by atoms with Gasteiger partial charge in [-0.2, -0.15) is 0 Å². The molecule has 0 saturated heterocycles. The standard InChI is InChI=1S/C12H13NO3S/c13-8-10-6-7-11(16-10)9-17(14,15)12-4-2-1-3-5-12/h1-7H,8-9,13H2. The first-order valence-corrected chi connectivity index (χ1v) is 6.82. The van der Waals surface area contributed by atoms with Gasteiger partial charge in [0.15, 0.2) is 9.84 Å². The lowest BCUT2D eigenvalue weighted by molar-refractivity contribution is 0.477. The summed E-state index contributed by atoms with van der Waals surface area (Å²) in [4.78, 5) is 0.297. The van der Waals surface area contributed by atoms with Gasteiger partial charge >= 0.3 is 0 Å². The molecule has 0 aliphatic carbocycles. The van der Waals surface area contributed by atoms with Gasteiger partial charge in [0.2, 0.25) is 0 Å². The van der Waals surface area contributed by atoms with Crippen molar-refractivity contribution < 1.29 is 12.8 Å². The fourth-order valence-corrected chi connectivity index (χ4v) is 2.78. The third-order valence-corrected chi connectivity index (χ3v) is 4.01. The van der Waals surface area contributed by atoms with Gasteiger partial charge in [0.05, 0.1) is 11.4 Å². The van der Waals surface area contributed by atoms with Crippen molar-refractivity contribution in [3.8, 4) is 0 Å². The van der Waals surface area contributed by atoms with E-state index in [1.165, 1.54) is 0 Å². The number of hydrogen-bond donors (Lipinski definition) is 1. The van der Waals surface area contributed by atoms with Gasteiger partial charge in [0.1, 0.15) is 17.3 Å². The topological polar surface area (TPSA) is 73.3 Å². The molecule has 5 heteroatoms. The highest BCUT2D eigenvalue weighted by molar-refractivity contribution is 7.90. The van der Waals surface area contributed by atoms with Crippen LogP contribution in [0.4, 0.5) is 0 Å². The zero-order chi connectivity index (χ0) is 12.3. The number of nitrogens with two attached hydrogens (primary N) is 1. The van der Waals surface area contributed by atoms with Crippen LogP contribution in [0.2, 0.25) is 0 Å². The third kappa shape index (κ3) is 2.75. The van der Waals surface area contributed by atoms with E-state index < -0.39 is 9.84 Å². The lowest BCUT2D eigenvalue weighted by atomic mass is 10.4. The van der Waals surface area contributed by atoms with Gasteiger partial charge in [-0.25, -0.2) is 8.42 Å². The molecule has 17 heavy (non-hydrogen) atoms. The summed E-state index contributed by atoms with van der Waals surface area (Å²) >= 11 is 0. The van der Waals surface area contributed by atoms with E-state index in [4.69, 9.17) is 10.2 Å². The average molecular weight is 251 g/mol. The maximum atomic E-state index is 12.0. The van der Waals surface area contributed by atoms with Gasteiger partial charge in [0.25, 0.3) is 0 Å². The Kier molecular flexibility index (Phi) is 3.31. The zero-order valence-corrected chi connectivity index (χ0v) is 9.98. The molecule has 0 bridgehead atoms. The van der Waals surface area contributed by atoms with E-state index >= 15 is 0 Å². The molecule has 0 spiro atoms. The number of furan rings is 1. The molecule has 0 saturated carbocycles. The third-order valence-electron chi connectivity index (χ3n) is 2.35. The second-order valence-electron chi connectivity index (χ2n) is 3.64. The van der Waals surface area contributed by atoms with Crippen molar-refractivity contribution in [1.29, 1.82) is 0 Å². The minimum Gasteiger partial charge on any atom is -0.464 e. The van der Waals surface area contributed by atoms with Crippen molar-refractivity contribution in [2.45, 2.75) is 17.2 Å². The van der Waals surface area contributed by atoms with Crippen molar-refractivity contribution in [3.63, 3.8) is 0 Å². The van der Waals surface area contributed by atoms with Crippen molar-refractivity contribution >= 4 is 9.84 Å². The number of benzene rings is 1. The Bertz CT molecular complexity index is 587. The maximum absolute atomic E-state index is 12.0. The Hall–Kier alpha value is -1.59. The van der Waals surface area contributed by atoms with Crippen LogP contribution in [0.5, 0.6) is 0 Å². The van der Waals surface area contributed by atoms with E-state index in [0.29, 0.717) is 16.4 Å². The minimum atomic E-state index is -3.34. The molecule has 0 radical (unpaired) electrons. The summed E-state index contributed by atoms with van der Waals surface area (Å²) < 4.78 is 29.3. The van der Waals surface area contributed by atoms with Crippen molar-refractivity contribution in [2.24, 2.45) is 5.73 Å². The molecule has 2 aromatic rings. The Labute approximate surface area is 100.0 Å². The number of rotatable bonds is 4. The van der Waals surface area contributed by atoms with Crippen molar-refractivity contribution in [2.75, 3.05) is 0 Å². The van der Waals surface area contributed by atoms with E-state index in [1.807, 2.05) is 0 Å². The first kappa shape index (κ1) is 11.9. The number of hydrogen-bond acceptors (Lipinski definition) is 4. The van der Waals surface area contributed by atoms with Crippen molar-refractivity contribution in [1.82, 2.24) is 0 Å². The first-order valence-electron chi connectivity index (χ1n) is 5.17. The smallest absolute Gasteiger partial charge is 0.185 e. The lowest BCUT2D eigenvalue weighted by Gasteiger charge is -2.01. The van der Waals surface area contributed by atoms with E-state index in [-0.39, 0.29) is 12.3 Å². The van der Waals surface area contributed by atoms with Gasteiger partial charge < -0.3 is 10.2 Å². The maximum Gasteiger partial charge on any atom is 0.185 e. The second kappa shape index (κ2) is 4.73. The number of sulfone groups is 1. The molecule has 0 atom stereocenters. The highest BCUT2D eigenvalue weighted by Crippen LogP contribution is 2.17. The Morgan fingerprint density at radius 3 is 2.24 bits per heavy atom. The Morgan fingerprint density at radius 1 is 1.00 bits per heavy atom. The Morgan fingerprint density at radius 2 is 1.65 bits per heavy atom. The van der Waals surface area contributed by atoms with Gasteiger partial charge in [-0.05, 0) is 24.3 Å². The average Bonchev–Trinajstić information content (AvgIpc) is 2.77. The summed E-state index contributed by atoms with van der Waals surface area (Å²) in [5.41, 5.74) is 5.39. The van der Waals surface area contributed by atoms with Crippen LogP contribution in [0.25, 0.3) is 0 Å². The summed E-state index contributed by atoms with van der Waals surface area (Å²) in [6.45, 7) is 0.269. The van der Waals surface area contributed by atoms with E-state index in [1.54, 1.807) is 42.5 Å². The van der Waals surface area contributed by atoms with E-state index in [2.05, 4.69) is 0 Å². The fourth-order valence-electron chi connectivity index (χ4n) is 1.51. The highest BCUT2D eigenvalue weighted by Gasteiger charge is 2.16. The van der Waals surface area contributed by atoms with Gasteiger partial charge in [0, 0.05) is 0 Å². The molecule has 2 N–H and O–H groups in total. The molecule has 0 aliphatic rings. The predicted octanol–water partition coefficient (Wildman–Crippen LogP) is 1.71. The van der Waals surface area contributed by atoms with Crippen LogP contribution < -0.4 is 5.73 Å². The molecular formula is C12H13NO3S. The summed E-state index contributed by atoms with van der Waals surface area (Å²) in [5.74, 6) is 0.856. The minimum absolute atomic E-state index is 0.142. The molecule has 0 fully saturated rings. The normalized spacial score (nSPS) is 11.6. The summed E-state index contributed by atoms with van der Waals surface area (Å²) in [6.07, 6.45) is 0. The van der Waals surface area contributed by atoms with Crippen LogP contribution in [0.3, 0.4) is 0 Å². The van der Waals surface area contributed by atoms with E-state index in [9.17, 15) is 8.42 Å². The SMILES string of the molecule is NCc1ccc(CS(=O)(=O)c2ccccc2)o1. The van der Waals surface area contributed by atoms with Crippen LogP contribution in [-0.2, 0) is 22.1 Å². The first-order chi connectivity index (χ1) is 8.12.